The molecule has 0 spiro atoms. The van der Waals surface area contributed by atoms with Crippen LogP contribution < -0.4 is 10.2 Å². The molecule has 0 aliphatic carbocycles. The van der Waals surface area contributed by atoms with Crippen molar-refractivity contribution in [3.63, 3.8) is 0 Å². The van der Waals surface area contributed by atoms with E-state index in [1.54, 1.807) is 11.1 Å². The Hall–Kier alpha value is -2.89. The molecule has 2 aromatic carbocycles. The molecule has 1 heterocycles. The largest absolute Gasteiger partial charge is 0.493 e. The van der Waals surface area contributed by atoms with Gasteiger partial charge >= 0.3 is 11.8 Å². The Morgan fingerprint density at radius 2 is 1.85 bits per heavy atom. The van der Waals surface area contributed by atoms with Crippen LogP contribution in [0.5, 0.6) is 5.75 Å². The standard InChI is InChI=1S/C21H25N3O3/c1-2-27-19-12-11-16-9-5-6-10-17(16)18(19)15-22-23-20(25)21(26)24-13-7-3-4-8-14-24/h5-6,9-12,15H,2-4,7-8,13-14H2,1H3,(H,23,25)/b22-15+. The lowest BCUT2D eigenvalue weighted by Crippen LogP contribution is -2.41. The highest BCUT2D eigenvalue weighted by Crippen LogP contribution is 2.26. The maximum absolute atomic E-state index is 12.3. The minimum atomic E-state index is -0.702. The summed E-state index contributed by atoms with van der Waals surface area (Å²) in [5, 5.41) is 6.04. The SMILES string of the molecule is CCOc1ccc2ccccc2c1/C=N/NC(=O)C(=O)N1CCCCCC1. The first-order valence-electron chi connectivity index (χ1n) is 9.47. The van der Waals surface area contributed by atoms with Crippen LogP contribution >= 0.6 is 0 Å². The third-order valence-corrected chi connectivity index (χ3v) is 4.68. The van der Waals surface area contributed by atoms with Gasteiger partial charge in [0.15, 0.2) is 0 Å². The van der Waals surface area contributed by atoms with Crippen molar-refractivity contribution in [1.82, 2.24) is 10.3 Å². The van der Waals surface area contributed by atoms with E-state index in [4.69, 9.17) is 4.74 Å². The summed E-state index contributed by atoms with van der Waals surface area (Å²) in [5.74, 6) is -0.531. The average Bonchev–Trinajstić information content (AvgIpc) is 2.98. The van der Waals surface area contributed by atoms with E-state index in [-0.39, 0.29) is 0 Å². The van der Waals surface area contributed by atoms with Crippen LogP contribution in [0.3, 0.4) is 0 Å². The lowest BCUT2D eigenvalue weighted by Gasteiger charge is -2.18. The van der Waals surface area contributed by atoms with Gasteiger partial charge in [0.2, 0.25) is 0 Å². The molecule has 0 unspecified atom stereocenters. The molecule has 0 aromatic heterocycles. The molecule has 0 saturated carbocycles. The molecular weight excluding hydrogens is 342 g/mol. The molecule has 142 valence electrons. The summed E-state index contributed by atoms with van der Waals surface area (Å²) in [7, 11) is 0. The van der Waals surface area contributed by atoms with Gasteiger partial charge in [-0.1, -0.05) is 43.2 Å². The fourth-order valence-corrected chi connectivity index (χ4v) is 3.31. The molecule has 6 nitrogen and oxygen atoms in total. The van der Waals surface area contributed by atoms with Crippen molar-refractivity contribution in [1.29, 1.82) is 0 Å². The fraction of sp³-hybridized carbons (Fsp3) is 0.381. The number of amides is 2. The van der Waals surface area contributed by atoms with Crippen LogP contribution in [0.15, 0.2) is 41.5 Å². The Morgan fingerprint density at radius 1 is 1.11 bits per heavy atom. The summed E-state index contributed by atoms with van der Waals surface area (Å²) in [6.45, 7) is 3.71. The first kappa shape index (κ1) is 18.9. The molecule has 1 N–H and O–H groups in total. The summed E-state index contributed by atoms with van der Waals surface area (Å²) in [6, 6.07) is 11.8. The van der Waals surface area contributed by atoms with Crippen molar-refractivity contribution in [2.24, 2.45) is 5.10 Å². The van der Waals surface area contributed by atoms with Crippen LogP contribution in [0.4, 0.5) is 0 Å². The first-order chi connectivity index (χ1) is 13.2. The maximum atomic E-state index is 12.3. The molecule has 1 saturated heterocycles. The fourth-order valence-electron chi connectivity index (χ4n) is 3.31. The second kappa shape index (κ2) is 9.16. The Labute approximate surface area is 159 Å². The molecule has 0 bridgehead atoms. The topological polar surface area (TPSA) is 71.0 Å². The van der Waals surface area contributed by atoms with Crippen LogP contribution in [0.25, 0.3) is 10.8 Å². The molecule has 0 radical (unpaired) electrons. The number of carbonyl (C=O) groups excluding carboxylic acids is 2. The Kier molecular flexibility index (Phi) is 6.41. The zero-order chi connectivity index (χ0) is 19.1. The zero-order valence-corrected chi connectivity index (χ0v) is 15.6. The van der Waals surface area contributed by atoms with Crippen molar-refractivity contribution in [3.05, 3.63) is 42.0 Å². The van der Waals surface area contributed by atoms with Gasteiger partial charge in [-0.05, 0) is 36.6 Å². The number of likely N-dealkylation sites (tertiary alicyclic amines) is 1. The van der Waals surface area contributed by atoms with Crippen molar-refractivity contribution in [2.75, 3.05) is 19.7 Å². The van der Waals surface area contributed by atoms with E-state index in [1.807, 2.05) is 43.3 Å². The van der Waals surface area contributed by atoms with Gasteiger partial charge in [0.05, 0.1) is 12.8 Å². The summed E-state index contributed by atoms with van der Waals surface area (Å²) < 4.78 is 5.68. The van der Waals surface area contributed by atoms with E-state index in [2.05, 4.69) is 10.5 Å². The molecule has 1 aliphatic rings. The predicted molar refractivity (Wildman–Crippen MR) is 106 cm³/mol. The van der Waals surface area contributed by atoms with Gasteiger partial charge in [-0.3, -0.25) is 9.59 Å². The number of carbonyl (C=O) groups is 2. The Bertz CT molecular complexity index is 840. The van der Waals surface area contributed by atoms with Crippen molar-refractivity contribution >= 4 is 28.8 Å². The number of benzene rings is 2. The first-order valence-corrected chi connectivity index (χ1v) is 9.47. The van der Waals surface area contributed by atoms with Gasteiger partial charge in [0.25, 0.3) is 0 Å². The molecule has 3 rings (SSSR count). The Morgan fingerprint density at radius 3 is 2.59 bits per heavy atom. The average molecular weight is 367 g/mol. The van der Waals surface area contributed by atoms with Crippen LogP contribution in [-0.2, 0) is 9.59 Å². The highest BCUT2D eigenvalue weighted by molar-refractivity contribution is 6.35. The Balaban J connectivity index is 1.74. The number of fused-ring (bicyclic) bond motifs is 1. The highest BCUT2D eigenvalue weighted by atomic mass is 16.5. The van der Waals surface area contributed by atoms with Crippen molar-refractivity contribution in [2.45, 2.75) is 32.6 Å². The summed E-state index contributed by atoms with van der Waals surface area (Å²) >= 11 is 0. The van der Waals surface area contributed by atoms with Gasteiger partial charge < -0.3 is 9.64 Å². The molecule has 1 fully saturated rings. The normalized spacial score (nSPS) is 14.9. The second-order valence-electron chi connectivity index (χ2n) is 6.54. The second-order valence-corrected chi connectivity index (χ2v) is 6.54. The number of ether oxygens (including phenoxy) is 1. The summed E-state index contributed by atoms with van der Waals surface area (Å²) in [5.41, 5.74) is 3.14. The third kappa shape index (κ3) is 4.64. The van der Waals surface area contributed by atoms with Crippen LogP contribution in [-0.4, -0.2) is 42.6 Å². The molecular formula is C21H25N3O3. The molecule has 0 atom stereocenters. The van der Waals surface area contributed by atoms with E-state index >= 15 is 0 Å². The number of nitrogens with zero attached hydrogens (tertiary/aromatic N) is 2. The quantitative estimate of drug-likeness (QED) is 0.513. The molecule has 6 heteroatoms. The van der Waals surface area contributed by atoms with E-state index in [0.717, 1.165) is 42.0 Å². The number of hydrogen-bond acceptors (Lipinski definition) is 4. The van der Waals surface area contributed by atoms with Gasteiger partial charge in [-0.15, -0.1) is 0 Å². The minimum Gasteiger partial charge on any atom is -0.493 e. The number of rotatable bonds is 4. The lowest BCUT2D eigenvalue weighted by atomic mass is 10.0. The monoisotopic (exact) mass is 367 g/mol. The number of nitrogens with one attached hydrogen (secondary N) is 1. The van der Waals surface area contributed by atoms with Gasteiger partial charge in [-0.25, -0.2) is 5.43 Å². The summed E-state index contributed by atoms with van der Waals surface area (Å²) in [4.78, 5) is 26.1. The van der Waals surface area contributed by atoms with E-state index in [1.165, 1.54) is 0 Å². The smallest absolute Gasteiger partial charge is 0.329 e. The molecule has 2 aromatic rings. The predicted octanol–water partition coefficient (Wildman–Crippen LogP) is 3.09. The number of hydrazone groups is 1. The molecule has 1 aliphatic heterocycles. The maximum Gasteiger partial charge on any atom is 0.329 e. The van der Waals surface area contributed by atoms with E-state index < -0.39 is 11.8 Å². The van der Waals surface area contributed by atoms with Crippen molar-refractivity contribution < 1.29 is 14.3 Å². The van der Waals surface area contributed by atoms with Gasteiger partial charge in [0, 0.05) is 18.7 Å². The van der Waals surface area contributed by atoms with Crippen LogP contribution in [0.1, 0.15) is 38.2 Å². The lowest BCUT2D eigenvalue weighted by molar-refractivity contribution is -0.145. The highest BCUT2D eigenvalue weighted by Gasteiger charge is 2.22. The van der Waals surface area contributed by atoms with Gasteiger partial charge in [-0.2, -0.15) is 5.10 Å². The van der Waals surface area contributed by atoms with E-state index in [9.17, 15) is 9.59 Å². The summed E-state index contributed by atoms with van der Waals surface area (Å²) in [6.07, 6.45) is 5.63. The molecule has 2 amide bonds. The third-order valence-electron chi connectivity index (χ3n) is 4.68. The van der Waals surface area contributed by atoms with Gasteiger partial charge in [0.1, 0.15) is 5.75 Å². The molecule has 27 heavy (non-hydrogen) atoms. The number of hydrogen-bond donors (Lipinski definition) is 1. The van der Waals surface area contributed by atoms with E-state index in [0.29, 0.717) is 25.4 Å². The zero-order valence-electron chi connectivity index (χ0n) is 15.6. The minimum absolute atomic E-state index is 0.517. The van der Waals surface area contributed by atoms with Crippen LogP contribution in [0, 0.1) is 0 Å². The van der Waals surface area contributed by atoms with Crippen LogP contribution in [0.2, 0.25) is 0 Å². The van der Waals surface area contributed by atoms with Crippen molar-refractivity contribution in [3.8, 4) is 5.75 Å².